The lowest BCUT2D eigenvalue weighted by Crippen LogP contribution is -2.63. The summed E-state index contributed by atoms with van der Waals surface area (Å²) >= 11 is 0. The van der Waals surface area contributed by atoms with Crippen LogP contribution >= 0.6 is 0 Å². The molecule has 2 fully saturated rings. The van der Waals surface area contributed by atoms with Crippen molar-refractivity contribution in [3.05, 3.63) is 23.8 Å². The molecule has 0 aromatic heterocycles. The van der Waals surface area contributed by atoms with E-state index in [0.29, 0.717) is 11.8 Å². The van der Waals surface area contributed by atoms with Gasteiger partial charge in [-0.1, -0.05) is 0 Å². The maximum Gasteiger partial charge on any atom is 0.187 e. The molecule has 2 aliphatic rings. The molecular weight excluding hydrogens is 444 g/mol. The van der Waals surface area contributed by atoms with E-state index in [0.717, 1.165) is 0 Å². The summed E-state index contributed by atoms with van der Waals surface area (Å²) in [5.41, 5.74) is 0.334. The lowest BCUT2D eigenvalue weighted by atomic mass is 9.81. The molecule has 0 unspecified atom stereocenters. The van der Waals surface area contributed by atoms with Crippen LogP contribution in [0.15, 0.2) is 18.2 Å². The molecule has 0 amide bonds. The molecule has 12 nitrogen and oxygen atoms in total. The Bertz CT molecular complexity index is 789. The van der Waals surface area contributed by atoms with E-state index in [1.807, 2.05) is 0 Å². The number of carbonyl (C=O) groups excluding carboxylic acids is 1. The molecule has 1 aromatic carbocycles. The van der Waals surface area contributed by atoms with Gasteiger partial charge in [-0.15, -0.1) is 0 Å². The van der Waals surface area contributed by atoms with E-state index in [-0.39, 0.29) is 17.9 Å². The summed E-state index contributed by atoms with van der Waals surface area (Å²) in [7, 11) is 1.37. The first kappa shape index (κ1) is 25.7. The molecule has 0 radical (unpaired) electrons. The molecule has 12 heteroatoms. The predicted molar refractivity (Wildman–Crippen MR) is 109 cm³/mol. The average Bonchev–Trinajstić information content (AvgIpc) is 2.83. The Kier molecular flexibility index (Phi) is 8.61. The van der Waals surface area contributed by atoms with Gasteiger partial charge < -0.3 is 54.7 Å². The second kappa shape index (κ2) is 11.0. The van der Waals surface area contributed by atoms with Crippen LogP contribution in [0.5, 0.6) is 11.5 Å². The van der Waals surface area contributed by atoms with Gasteiger partial charge in [-0.2, -0.15) is 0 Å². The third kappa shape index (κ3) is 5.29. The summed E-state index contributed by atoms with van der Waals surface area (Å²) in [6.45, 7) is -1.13. The topological polar surface area (TPSA) is 196 Å². The Morgan fingerprint density at radius 1 is 0.970 bits per heavy atom. The Hall–Kier alpha value is -1.87. The summed E-state index contributed by atoms with van der Waals surface area (Å²) in [5, 5.41) is 70.4. The van der Waals surface area contributed by atoms with Gasteiger partial charge in [0.05, 0.1) is 19.8 Å². The second-order valence-corrected chi connectivity index (χ2v) is 8.14. The first-order chi connectivity index (χ1) is 15.7. The van der Waals surface area contributed by atoms with Crippen molar-refractivity contribution in [2.24, 2.45) is 5.92 Å². The van der Waals surface area contributed by atoms with Gasteiger partial charge in [0.15, 0.2) is 17.8 Å². The minimum absolute atomic E-state index is 0.0232. The highest BCUT2D eigenvalue weighted by Crippen LogP contribution is 2.36. The molecule has 1 aliphatic carbocycles. The van der Waals surface area contributed by atoms with Crippen molar-refractivity contribution >= 4 is 6.29 Å². The van der Waals surface area contributed by atoms with Crippen molar-refractivity contribution in [3.63, 3.8) is 0 Å². The number of benzene rings is 1. The zero-order valence-corrected chi connectivity index (χ0v) is 17.9. The largest absolute Gasteiger partial charge is 0.493 e. The van der Waals surface area contributed by atoms with Gasteiger partial charge in [0.25, 0.3) is 0 Å². The van der Waals surface area contributed by atoms with E-state index < -0.39 is 74.3 Å². The third-order valence-corrected chi connectivity index (χ3v) is 6.05. The summed E-state index contributed by atoms with van der Waals surface area (Å²) in [5.74, 6) is -0.358. The summed E-state index contributed by atoms with van der Waals surface area (Å²) in [4.78, 5) is 11.0. The molecule has 3 rings (SSSR count). The van der Waals surface area contributed by atoms with Crippen LogP contribution in [-0.2, 0) is 9.47 Å². The maximum absolute atomic E-state index is 11.0. The maximum atomic E-state index is 11.0. The lowest BCUT2D eigenvalue weighted by Gasteiger charge is -2.46. The van der Waals surface area contributed by atoms with E-state index in [2.05, 4.69) is 0 Å². The summed E-state index contributed by atoms with van der Waals surface area (Å²) in [6, 6.07) is 4.39. The molecule has 1 heterocycles. The molecule has 7 N–H and O–H groups in total. The Labute approximate surface area is 189 Å². The molecule has 33 heavy (non-hydrogen) atoms. The first-order valence-corrected chi connectivity index (χ1v) is 10.5. The second-order valence-electron chi connectivity index (χ2n) is 8.14. The molecule has 0 bridgehead atoms. The number of hydrogen-bond acceptors (Lipinski definition) is 12. The van der Waals surface area contributed by atoms with Crippen molar-refractivity contribution in [2.45, 2.75) is 61.5 Å². The highest BCUT2D eigenvalue weighted by atomic mass is 16.7. The fraction of sp³-hybridized carbons (Fsp3) is 0.667. The van der Waals surface area contributed by atoms with Crippen molar-refractivity contribution in [1.29, 1.82) is 0 Å². The standard InChI is InChI=1S/C21H30O12/c1-30-12-4-9(6-22)2-3-11(12)31-13-5-10(7-23)15(25)18(28)20(13)33-21-19(29)17(27)16(26)14(8-24)32-21/h2-4,6,10,13-21,23-29H,5,7-8H2,1H3/t10-,13-,14-,15-,16-,17+,18+,19-,20+,21+/m1/s1. The van der Waals surface area contributed by atoms with Crippen LogP contribution in [0.1, 0.15) is 16.8 Å². The Morgan fingerprint density at radius 2 is 1.70 bits per heavy atom. The third-order valence-electron chi connectivity index (χ3n) is 6.05. The zero-order chi connectivity index (χ0) is 24.3. The minimum Gasteiger partial charge on any atom is -0.493 e. The van der Waals surface area contributed by atoms with Crippen LogP contribution in [-0.4, -0.2) is 117 Å². The monoisotopic (exact) mass is 474 g/mol. The van der Waals surface area contributed by atoms with Crippen LogP contribution in [0.4, 0.5) is 0 Å². The molecule has 10 atom stereocenters. The number of aldehydes is 1. The number of rotatable bonds is 8. The van der Waals surface area contributed by atoms with Crippen molar-refractivity contribution in [1.82, 2.24) is 0 Å². The molecule has 186 valence electrons. The smallest absolute Gasteiger partial charge is 0.187 e. The predicted octanol–water partition coefficient (Wildman–Crippen LogP) is -2.83. The van der Waals surface area contributed by atoms with E-state index in [4.69, 9.17) is 18.9 Å². The number of aliphatic hydroxyl groups excluding tert-OH is 7. The molecular formula is C21H30O12. The van der Waals surface area contributed by atoms with Crippen molar-refractivity contribution in [2.75, 3.05) is 20.3 Å². The number of carbonyl (C=O) groups is 1. The average molecular weight is 474 g/mol. The molecule has 1 aliphatic heterocycles. The van der Waals surface area contributed by atoms with Gasteiger partial charge in [-0.25, -0.2) is 0 Å². The molecule has 1 saturated carbocycles. The van der Waals surface area contributed by atoms with Crippen LogP contribution in [0.2, 0.25) is 0 Å². The molecule has 1 saturated heterocycles. The van der Waals surface area contributed by atoms with E-state index in [1.165, 1.54) is 25.3 Å². The SMILES string of the molecule is COc1cc(C=O)ccc1O[C@@H]1C[C@H](CO)[C@@H](O)[C@H](O)[C@H]1O[C@@H]1O[C@H](CO)[C@@H](O)[C@H](O)[C@H]1O. The number of hydrogen-bond donors (Lipinski definition) is 7. The normalized spacial score (nSPS) is 39.2. The highest BCUT2D eigenvalue weighted by molar-refractivity contribution is 5.76. The van der Waals surface area contributed by atoms with Gasteiger partial charge in [0, 0.05) is 18.1 Å². The van der Waals surface area contributed by atoms with Gasteiger partial charge in [0.1, 0.15) is 49.0 Å². The van der Waals surface area contributed by atoms with Crippen LogP contribution < -0.4 is 9.47 Å². The van der Waals surface area contributed by atoms with Crippen LogP contribution in [0.3, 0.4) is 0 Å². The zero-order valence-electron chi connectivity index (χ0n) is 17.9. The minimum atomic E-state index is -1.73. The number of methoxy groups -OCH3 is 1. The Morgan fingerprint density at radius 3 is 2.30 bits per heavy atom. The number of ether oxygens (including phenoxy) is 4. The fourth-order valence-electron chi connectivity index (χ4n) is 4.08. The van der Waals surface area contributed by atoms with E-state index in [1.54, 1.807) is 0 Å². The van der Waals surface area contributed by atoms with Crippen LogP contribution in [0, 0.1) is 5.92 Å². The van der Waals surface area contributed by atoms with Crippen molar-refractivity contribution in [3.8, 4) is 11.5 Å². The van der Waals surface area contributed by atoms with Crippen molar-refractivity contribution < 1.29 is 59.5 Å². The van der Waals surface area contributed by atoms with Gasteiger partial charge in [-0.05, 0) is 24.6 Å². The quantitative estimate of drug-likeness (QED) is 0.191. The molecule has 0 spiro atoms. The fourth-order valence-corrected chi connectivity index (χ4v) is 4.08. The first-order valence-electron chi connectivity index (χ1n) is 10.5. The lowest BCUT2D eigenvalue weighted by molar-refractivity contribution is -0.330. The van der Waals surface area contributed by atoms with Gasteiger partial charge in [0.2, 0.25) is 0 Å². The van der Waals surface area contributed by atoms with Gasteiger partial charge >= 0.3 is 0 Å². The van der Waals surface area contributed by atoms with Crippen LogP contribution in [0.25, 0.3) is 0 Å². The number of aliphatic hydroxyl groups is 7. The van der Waals surface area contributed by atoms with E-state index in [9.17, 15) is 40.5 Å². The van der Waals surface area contributed by atoms with Gasteiger partial charge in [-0.3, -0.25) is 4.79 Å². The molecule has 1 aromatic rings. The van der Waals surface area contributed by atoms with E-state index >= 15 is 0 Å². The summed E-state index contributed by atoms with van der Waals surface area (Å²) < 4.78 is 22.3. The summed E-state index contributed by atoms with van der Waals surface area (Å²) in [6.07, 6.45) is -12.5. The Balaban J connectivity index is 1.87. The highest BCUT2D eigenvalue weighted by Gasteiger charge is 2.50.